The molecule has 4 rings (SSSR count). The average Bonchev–Trinajstić information content (AvgIpc) is 2.85. The number of hydrogen-bond acceptors (Lipinski definition) is 7. The number of morpholine rings is 1. The van der Waals surface area contributed by atoms with Gasteiger partial charge in [0, 0.05) is 43.8 Å². The molecule has 8 nitrogen and oxygen atoms in total. The van der Waals surface area contributed by atoms with Crippen molar-refractivity contribution in [2.75, 3.05) is 74.3 Å². The van der Waals surface area contributed by atoms with Gasteiger partial charge in [0.1, 0.15) is 18.2 Å². The van der Waals surface area contributed by atoms with Crippen LogP contribution >= 0.6 is 11.8 Å². The zero-order valence-corrected chi connectivity index (χ0v) is 19.5. The van der Waals surface area contributed by atoms with Gasteiger partial charge in [-0.3, -0.25) is 0 Å². The summed E-state index contributed by atoms with van der Waals surface area (Å²) in [6.45, 7) is 5.75. The molecule has 0 aliphatic carbocycles. The van der Waals surface area contributed by atoms with Crippen LogP contribution in [0.5, 0.6) is 5.88 Å². The number of aryl methyl sites for hydroxylation is 1. The van der Waals surface area contributed by atoms with E-state index in [1.807, 2.05) is 13.0 Å². The van der Waals surface area contributed by atoms with Gasteiger partial charge in [0.25, 0.3) is 0 Å². The number of urea groups is 1. The lowest BCUT2D eigenvalue weighted by atomic mass is 10.00. The number of thioether (sulfide) groups is 1. The number of aliphatic hydroxyl groups excluding tert-OH is 1. The van der Waals surface area contributed by atoms with Gasteiger partial charge in [-0.05, 0) is 41.8 Å². The molecule has 10 heteroatoms. The Kier molecular flexibility index (Phi) is 7.89. The molecule has 0 radical (unpaired) electrons. The van der Waals surface area contributed by atoms with Gasteiger partial charge in [-0.1, -0.05) is 0 Å². The highest BCUT2D eigenvalue weighted by Gasteiger charge is 2.20. The van der Waals surface area contributed by atoms with Crippen LogP contribution in [-0.4, -0.2) is 85.1 Å². The first-order valence-electron chi connectivity index (χ1n) is 11.1. The zero-order chi connectivity index (χ0) is 23.2. The summed E-state index contributed by atoms with van der Waals surface area (Å²) in [7, 11) is 0. The van der Waals surface area contributed by atoms with Crippen molar-refractivity contribution in [3.05, 3.63) is 35.6 Å². The van der Waals surface area contributed by atoms with Crippen molar-refractivity contribution in [2.24, 2.45) is 0 Å². The van der Waals surface area contributed by atoms with E-state index in [-0.39, 0.29) is 24.9 Å². The highest BCUT2D eigenvalue weighted by molar-refractivity contribution is 7.99. The van der Waals surface area contributed by atoms with E-state index in [4.69, 9.17) is 14.6 Å². The minimum absolute atomic E-state index is 0.122. The molecule has 0 atom stereocenters. The molecular formula is C23H29FN4O4S. The fourth-order valence-corrected chi connectivity index (χ4v) is 4.77. The Bertz CT molecular complexity index is 981. The molecule has 178 valence electrons. The molecule has 0 unspecified atom stereocenters. The molecule has 2 fully saturated rings. The van der Waals surface area contributed by atoms with E-state index in [2.05, 4.69) is 15.2 Å². The van der Waals surface area contributed by atoms with Gasteiger partial charge in [-0.25, -0.2) is 9.18 Å². The maximum atomic E-state index is 14.8. The Morgan fingerprint density at radius 2 is 1.97 bits per heavy atom. The van der Waals surface area contributed by atoms with Gasteiger partial charge in [-0.15, -0.1) is 0 Å². The summed E-state index contributed by atoms with van der Waals surface area (Å²) in [6.07, 6.45) is 0. The van der Waals surface area contributed by atoms with Crippen LogP contribution in [-0.2, 0) is 4.74 Å². The zero-order valence-electron chi connectivity index (χ0n) is 18.7. The number of carbonyl (C=O) groups excluding carboxylic acids is 1. The second kappa shape index (κ2) is 11.0. The molecule has 2 aliphatic heterocycles. The van der Waals surface area contributed by atoms with E-state index in [0.29, 0.717) is 45.3 Å². The third kappa shape index (κ3) is 5.87. The number of nitrogens with one attached hydrogen (secondary N) is 1. The highest BCUT2D eigenvalue weighted by Crippen LogP contribution is 2.33. The number of amides is 2. The summed E-state index contributed by atoms with van der Waals surface area (Å²) >= 11 is 1.81. The van der Waals surface area contributed by atoms with Crippen molar-refractivity contribution in [2.45, 2.75) is 6.92 Å². The Labute approximate surface area is 197 Å². The number of nitrogens with zero attached hydrogens (tertiary/aromatic N) is 3. The van der Waals surface area contributed by atoms with Gasteiger partial charge >= 0.3 is 6.03 Å². The first-order chi connectivity index (χ1) is 16.0. The normalized spacial score (nSPS) is 16.6. The molecule has 2 saturated heterocycles. The maximum absolute atomic E-state index is 14.8. The van der Waals surface area contributed by atoms with Crippen molar-refractivity contribution in [3.63, 3.8) is 0 Å². The van der Waals surface area contributed by atoms with Crippen LogP contribution in [0.15, 0.2) is 24.3 Å². The second-order valence-corrected chi connectivity index (χ2v) is 9.13. The summed E-state index contributed by atoms with van der Waals surface area (Å²) in [6, 6.07) is 6.51. The molecule has 2 N–H and O–H groups in total. The van der Waals surface area contributed by atoms with E-state index in [1.54, 1.807) is 28.8 Å². The molecule has 2 aromatic rings. The van der Waals surface area contributed by atoms with E-state index >= 15 is 0 Å². The topological polar surface area (TPSA) is 87.2 Å². The van der Waals surface area contributed by atoms with E-state index in [1.165, 1.54) is 6.07 Å². The van der Waals surface area contributed by atoms with Crippen LogP contribution in [0.4, 0.5) is 20.7 Å². The number of aliphatic hydroxyl groups is 1. The van der Waals surface area contributed by atoms with E-state index in [9.17, 15) is 9.18 Å². The Balaban J connectivity index is 1.66. The van der Waals surface area contributed by atoms with Crippen LogP contribution in [0.2, 0.25) is 0 Å². The molecule has 2 aliphatic rings. The highest BCUT2D eigenvalue weighted by atomic mass is 32.2. The fraction of sp³-hybridized carbons (Fsp3) is 0.478. The lowest BCUT2D eigenvalue weighted by molar-refractivity contribution is 0.122. The number of halogens is 1. The van der Waals surface area contributed by atoms with Crippen LogP contribution < -0.4 is 15.0 Å². The lowest BCUT2D eigenvalue weighted by Gasteiger charge is -2.28. The molecule has 0 spiro atoms. The Morgan fingerprint density at radius 3 is 2.70 bits per heavy atom. The van der Waals surface area contributed by atoms with Crippen molar-refractivity contribution >= 4 is 29.3 Å². The average molecular weight is 477 g/mol. The van der Waals surface area contributed by atoms with Gasteiger partial charge in [0.2, 0.25) is 5.88 Å². The summed E-state index contributed by atoms with van der Waals surface area (Å²) in [5, 5.41) is 11.9. The first kappa shape index (κ1) is 23.6. The molecule has 3 heterocycles. The van der Waals surface area contributed by atoms with Gasteiger partial charge in [0.15, 0.2) is 0 Å². The van der Waals surface area contributed by atoms with Gasteiger partial charge < -0.3 is 29.7 Å². The largest absolute Gasteiger partial charge is 0.475 e. The number of pyridine rings is 1. The van der Waals surface area contributed by atoms with Crippen molar-refractivity contribution in [1.29, 1.82) is 0 Å². The Morgan fingerprint density at radius 1 is 1.21 bits per heavy atom. The second-order valence-electron chi connectivity index (χ2n) is 7.90. The molecule has 33 heavy (non-hydrogen) atoms. The Hall–Kier alpha value is -2.56. The maximum Gasteiger partial charge on any atom is 0.321 e. The van der Waals surface area contributed by atoms with E-state index in [0.717, 1.165) is 34.0 Å². The van der Waals surface area contributed by atoms with Crippen LogP contribution in [0.1, 0.15) is 5.56 Å². The molecule has 0 bridgehead atoms. The summed E-state index contributed by atoms with van der Waals surface area (Å²) < 4.78 is 25.8. The predicted octanol–water partition coefficient (Wildman–Crippen LogP) is 2.98. The number of aromatic nitrogens is 1. The number of anilines is 2. The first-order valence-corrected chi connectivity index (χ1v) is 12.2. The lowest BCUT2D eigenvalue weighted by Crippen LogP contribution is -2.40. The standard InChI is InChI=1S/C23H29FN4O4S/c1-16-12-19(24)20(25-23(30)28-4-10-33-11-5-28)15-18(16)17-13-21(27-2-7-31-8-3-27)26-22(14-17)32-9-6-29/h12-15,29H,2-11H2,1H3,(H,25,30). The monoisotopic (exact) mass is 476 g/mol. The van der Waals surface area contributed by atoms with Gasteiger partial charge in [-0.2, -0.15) is 16.7 Å². The quantitative estimate of drug-likeness (QED) is 0.663. The smallest absolute Gasteiger partial charge is 0.321 e. The molecular weight excluding hydrogens is 447 g/mol. The number of benzene rings is 1. The minimum Gasteiger partial charge on any atom is -0.475 e. The van der Waals surface area contributed by atoms with Crippen molar-refractivity contribution in [3.8, 4) is 17.0 Å². The number of carbonyl (C=O) groups is 1. The van der Waals surface area contributed by atoms with Gasteiger partial charge in [0.05, 0.1) is 25.5 Å². The summed E-state index contributed by atoms with van der Waals surface area (Å²) in [4.78, 5) is 21.0. The van der Waals surface area contributed by atoms with Crippen molar-refractivity contribution in [1.82, 2.24) is 9.88 Å². The van der Waals surface area contributed by atoms with E-state index < -0.39 is 5.82 Å². The van der Waals surface area contributed by atoms with Crippen LogP contribution in [0.25, 0.3) is 11.1 Å². The third-order valence-corrected chi connectivity index (χ3v) is 6.57. The van der Waals surface area contributed by atoms with Crippen LogP contribution in [0, 0.1) is 12.7 Å². The number of ether oxygens (including phenoxy) is 2. The van der Waals surface area contributed by atoms with Crippen molar-refractivity contribution < 1.29 is 23.8 Å². The fourth-order valence-electron chi connectivity index (χ4n) is 3.87. The number of hydrogen-bond donors (Lipinski definition) is 2. The molecule has 2 amide bonds. The third-order valence-electron chi connectivity index (χ3n) is 5.63. The SMILES string of the molecule is Cc1cc(F)c(NC(=O)N2CCSCC2)cc1-c1cc(OCCO)nc(N2CCOCC2)c1. The van der Waals surface area contributed by atoms with Crippen LogP contribution in [0.3, 0.4) is 0 Å². The summed E-state index contributed by atoms with van der Waals surface area (Å²) in [5.74, 6) is 2.39. The predicted molar refractivity (Wildman–Crippen MR) is 128 cm³/mol. The molecule has 1 aromatic carbocycles. The molecule has 0 saturated carbocycles. The number of rotatable bonds is 6. The summed E-state index contributed by atoms with van der Waals surface area (Å²) in [5.41, 5.74) is 2.43. The molecule has 1 aromatic heterocycles. The minimum atomic E-state index is -0.477.